The Kier molecular flexibility index (Phi) is 5.98. The number of aliphatic hydroxyl groups excluding tert-OH is 3. The number of ether oxygens (including phenoxy) is 1. The van der Waals surface area contributed by atoms with E-state index >= 15 is 0 Å². The number of aliphatic hydroxyl groups is 3. The van der Waals surface area contributed by atoms with Crippen LogP contribution in [0.3, 0.4) is 0 Å². The van der Waals surface area contributed by atoms with Crippen LogP contribution in [0.25, 0.3) is 0 Å². The maximum absolute atomic E-state index is 10.1. The van der Waals surface area contributed by atoms with Gasteiger partial charge in [-0.05, 0) is 18.4 Å². The Bertz CT molecular complexity index is 651. The van der Waals surface area contributed by atoms with Gasteiger partial charge in [-0.25, -0.2) is 4.68 Å². The molecule has 2 heterocycles. The van der Waals surface area contributed by atoms with Crippen molar-refractivity contribution < 1.29 is 20.1 Å². The second-order valence-corrected chi connectivity index (χ2v) is 6.24. The highest BCUT2D eigenvalue weighted by Gasteiger charge is 2.41. The molecule has 1 aliphatic heterocycles. The third-order valence-electron chi connectivity index (χ3n) is 4.45. The molecule has 8 nitrogen and oxygen atoms in total. The van der Waals surface area contributed by atoms with E-state index in [1.54, 1.807) is 4.68 Å². The van der Waals surface area contributed by atoms with E-state index in [4.69, 9.17) is 4.74 Å². The quantitative estimate of drug-likeness (QED) is 0.469. The molecule has 0 amide bonds. The van der Waals surface area contributed by atoms with Crippen LogP contribution in [0, 0.1) is 0 Å². The summed E-state index contributed by atoms with van der Waals surface area (Å²) in [5.41, 5.74) is 1.26. The summed E-state index contributed by atoms with van der Waals surface area (Å²) in [6.07, 6.45) is 1.34. The minimum atomic E-state index is -1.01. The van der Waals surface area contributed by atoms with Gasteiger partial charge in [0, 0.05) is 0 Å². The van der Waals surface area contributed by atoms with E-state index in [1.807, 2.05) is 18.2 Å². The molecule has 1 aromatic carbocycles. The van der Waals surface area contributed by atoms with Gasteiger partial charge in [0.25, 0.3) is 0 Å². The van der Waals surface area contributed by atoms with Gasteiger partial charge >= 0.3 is 0 Å². The number of benzene rings is 1. The summed E-state index contributed by atoms with van der Waals surface area (Å²) >= 11 is 0. The predicted octanol–water partition coefficient (Wildman–Crippen LogP) is -0.656. The first-order valence-corrected chi connectivity index (χ1v) is 8.47. The van der Waals surface area contributed by atoms with Crippen molar-refractivity contribution in [2.75, 3.05) is 13.2 Å². The molecule has 0 aliphatic carbocycles. The highest BCUT2D eigenvalue weighted by Crippen LogP contribution is 2.18. The van der Waals surface area contributed by atoms with Crippen LogP contribution < -0.4 is 10.1 Å². The van der Waals surface area contributed by atoms with E-state index in [2.05, 4.69) is 27.8 Å². The molecule has 0 spiro atoms. The number of aromatic nitrogens is 3. The minimum absolute atomic E-state index is 0.241. The summed E-state index contributed by atoms with van der Waals surface area (Å²) < 4.78 is 7.29. The monoisotopic (exact) mass is 348 g/mol. The van der Waals surface area contributed by atoms with E-state index in [-0.39, 0.29) is 6.61 Å². The number of aryl methyl sites for hydroxylation is 1. The minimum Gasteiger partial charge on any atom is -0.477 e. The molecule has 8 heteroatoms. The highest BCUT2D eigenvalue weighted by molar-refractivity contribution is 5.14. The Morgan fingerprint density at radius 3 is 2.60 bits per heavy atom. The first-order chi connectivity index (χ1) is 12.2. The van der Waals surface area contributed by atoms with Gasteiger partial charge in [0.1, 0.15) is 6.20 Å². The number of nitrogens with zero attached hydrogens (tertiary/aromatic N) is 3. The third kappa shape index (κ3) is 4.35. The first-order valence-electron chi connectivity index (χ1n) is 8.47. The molecule has 136 valence electrons. The molecule has 0 bridgehead atoms. The van der Waals surface area contributed by atoms with E-state index in [0.29, 0.717) is 19.0 Å². The van der Waals surface area contributed by atoms with Crippen LogP contribution >= 0.6 is 0 Å². The molecule has 1 aliphatic rings. The van der Waals surface area contributed by atoms with Gasteiger partial charge in [-0.2, -0.15) is 0 Å². The van der Waals surface area contributed by atoms with Crippen LogP contribution in [-0.2, 0) is 13.0 Å². The Morgan fingerprint density at radius 1 is 1.12 bits per heavy atom. The summed E-state index contributed by atoms with van der Waals surface area (Å²) in [5.74, 6) is 0.518. The molecule has 3 rings (SSSR count). The summed E-state index contributed by atoms with van der Waals surface area (Å²) in [4.78, 5) is 0. The molecule has 1 fully saturated rings. The average Bonchev–Trinajstić information content (AvgIpc) is 3.19. The molecule has 4 atom stereocenters. The second kappa shape index (κ2) is 8.39. The highest BCUT2D eigenvalue weighted by atomic mass is 16.5. The van der Waals surface area contributed by atoms with Crippen LogP contribution in [0.15, 0.2) is 36.5 Å². The van der Waals surface area contributed by atoms with Gasteiger partial charge in [-0.1, -0.05) is 35.5 Å². The van der Waals surface area contributed by atoms with Crippen molar-refractivity contribution in [3.05, 3.63) is 42.1 Å². The van der Waals surface area contributed by atoms with Crippen LogP contribution in [0.1, 0.15) is 12.0 Å². The summed E-state index contributed by atoms with van der Waals surface area (Å²) in [5, 5.41) is 39.9. The van der Waals surface area contributed by atoms with Gasteiger partial charge in [0.15, 0.2) is 0 Å². The molecule has 0 radical (unpaired) electrons. The standard InChI is InChI=1S/C17H24N4O4/c22-11-14-17(24)16(23)13(19-14)10-21-15(9-18-20-21)25-8-4-7-12-5-2-1-3-6-12/h1-3,5-6,9,13-14,16-17,19,22-24H,4,7-8,10-11H2/t13-,14-,16-,17-/m1/s1. The van der Waals surface area contributed by atoms with Gasteiger partial charge < -0.3 is 25.4 Å². The van der Waals surface area contributed by atoms with Gasteiger partial charge in [-0.15, -0.1) is 5.10 Å². The van der Waals surface area contributed by atoms with Crippen molar-refractivity contribution in [2.24, 2.45) is 0 Å². The van der Waals surface area contributed by atoms with Crippen molar-refractivity contribution in [3.63, 3.8) is 0 Å². The first kappa shape index (κ1) is 17.8. The van der Waals surface area contributed by atoms with Crippen LogP contribution in [0.4, 0.5) is 0 Å². The topological polar surface area (TPSA) is 113 Å². The lowest BCUT2D eigenvalue weighted by Crippen LogP contribution is -2.38. The lowest BCUT2D eigenvalue weighted by atomic mass is 10.1. The average molecular weight is 348 g/mol. The fraction of sp³-hybridized carbons (Fsp3) is 0.529. The molecule has 2 aromatic rings. The molecule has 1 aromatic heterocycles. The summed E-state index contributed by atoms with van der Waals surface area (Å²) in [6, 6.07) is 9.23. The second-order valence-electron chi connectivity index (χ2n) is 6.24. The molecular formula is C17H24N4O4. The lowest BCUT2D eigenvalue weighted by molar-refractivity contribution is 0.0172. The number of hydrogen-bond donors (Lipinski definition) is 4. The van der Waals surface area contributed by atoms with Gasteiger partial charge in [0.2, 0.25) is 5.88 Å². The normalized spacial score (nSPS) is 26.0. The number of nitrogens with one attached hydrogen (secondary N) is 1. The Hall–Kier alpha value is -2.00. The smallest absolute Gasteiger partial charge is 0.232 e. The van der Waals surface area contributed by atoms with Crippen LogP contribution in [-0.4, -0.2) is 67.8 Å². The van der Waals surface area contributed by atoms with E-state index in [9.17, 15) is 15.3 Å². The Labute approximate surface area is 146 Å². The summed E-state index contributed by atoms with van der Waals surface area (Å²) in [7, 11) is 0. The largest absolute Gasteiger partial charge is 0.477 e. The SMILES string of the molecule is OC[C@H]1N[C@H](Cn2nncc2OCCCc2ccccc2)[C@@H](O)[C@@H]1O. The van der Waals surface area contributed by atoms with Crippen LogP contribution in [0.2, 0.25) is 0 Å². The van der Waals surface area contributed by atoms with Crippen LogP contribution in [0.5, 0.6) is 5.88 Å². The fourth-order valence-electron chi connectivity index (χ4n) is 3.04. The molecule has 1 saturated heterocycles. The van der Waals surface area contributed by atoms with Crippen molar-refractivity contribution in [1.82, 2.24) is 20.3 Å². The molecule has 0 saturated carbocycles. The fourth-order valence-corrected chi connectivity index (χ4v) is 3.04. The zero-order valence-corrected chi connectivity index (χ0v) is 13.9. The lowest BCUT2D eigenvalue weighted by Gasteiger charge is -2.16. The number of hydrogen-bond acceptors (Lipinski definition) is 7. The summed E-state index contributed by atoms with van der Waals surface area (Å²) in [6.45, 7) is 0.586. The maximum Gasteiger partial charge on any atom is 0.232 e. The predicted molar refractivity (Wildman–Crippen MR) is 90.1 cm³/mol. The molecule has 4 N–H and O–H groups in total. The van der Waals surface area contributed by atoms with Crippen molar-refractivity contribution >= 4 is 0 Å². The molecule has 25 heavy (non-hydrogen) atoms. The zero-order valence-electron chi connectivity index (χ0n) is 13.9. The van der Waals surface area contributed by atoms with E-state index < -0.39 is 24.3 Å². The molecule has 0 unspecified atom stereocenters. The van der Waals surface area contributed by atoms with Crippen molar-refractivity contribution in [1.29, 1.82) is 0 Å². The van der Waals surface area contributed by atoms with E-state index in [0.717, 1.165) is 12.8 Å². The van der Waals surface area contributed by atoms with Crippen molar-refractivity contribution in [3.8, 4) is 5.88 Å². The van der Waals surface area contributed by atoms with Gasteiger partial charge in [0.05, 0.1) is 44.1 Å². The van der Waals surface area contributed by atoms with E-state index in [1.165, 1.54) is 11.8 Å². The Morgan fingerprint density at radius 2 is 1.88 bits per heavy atom. The Balaban J connectivity index is 1.49. The third-order valence-corrected chi connectivity index (χ3v) is 4.45. The van der Waals surface area contributed by atoms with Crippen molar-refractivity contribution in [2.45, 2.75) is 43.7 Å². The van der Waals surface area contributed by atoms with Gasteiger partial charge in [-0.3, -0.25) is 0 Å². The zero-order chi connectivity index (χ0) is 17.6. The maximum atomic E-state index is 10.1. The number of rotatable bonds is 8. The molecular weight excluding hydrogens is 324 g/mol.